The van der Waals surface area contributed by atoms with Crippen LogP contribution >= 0.6 is 0 Å². The summed E-state index contributed by atoms with van der Waals surface area (Å²) in [5, 5.41) is 15.6. The topological polar surface area (TPSA) is 90.9 Å². The van der Waals surface area contributed by atoms with Gasteiger partial charge in [0.2, 0.25) is 5.91 Å². The largest absolute Gasteiger partial charge is 0.482 e. The molecule has 1 spiro atoms. The van der Waals surface area contributed by atoms with Gasteiger partial charge in [0.1, 0.15) is 17.4 Å². The predicted molar refractivity (Wildman–Crippen MR) is 105 cm³/mol. The van der Waals surface area contributed by atoms with Crippen molar-refractivity contribution in [2.75, 3.05) is 12.4 Å². The van der Waals surface area contributed by atoms with Crippen molar-refractivity contribution in [2.24, 2.45) is 0 Å². The Labute approximate surface area is 160 Å². The molecule has 8 heteroatoms. The molecule has 3 rings (SSSR count). The van der Waals surface area contributed by atoms with Crippen LogP contribution in [-0.2, 0) is 9.59 Å². The fraction of sp³-hybridized carbons (Fsp3) is 0.579. The Hall–Kier alpha value is -2.06. The van der Waals surface area contributed by atoms with Crippen molar-refractivity contribution in [1.29, 1.82) is 0 Å². The standard InChI is InChI=1S/C19H28BN3O4/c1-13(23(3)20(2)26)17(24)22-16-18(25)21-14-9-5-6-10-15(14)27-19(16)11-7-4-8-12-19/h5-6,9-10,13,16,26H,4,7-8,11-12H2,1-3H3,(H,21,25)(H,22,24)/t13-,16+/m0/s1. The number of likely N-dealkylation sites (N-methyl/N-ethyl adjacent to an activating group) is 1. The molecule has 3 N–H and O–H groups in total. The third-order valence-electron chi connectivity index (χ3n) is 5.81. The summed E-state index contributed by atoms with van der Waals surface area (Å²) < 4.78 is 6.40. The number of nitrogens with zero attached hydrogens (tertiary/aromatic N) is 1. The predicted octanol–water partition coefficient (Wildman–Crippen LogP) is 1.64. The quantitative estimate of drug-likeness (QED) is 0.698. The Bertz CT molecular complexity index is 706. The lowest BCUT2D eigenvalue weighted by molar-refractivity contribution is -0.134. The van der Waals surface area contributed by atoms with Crippen LogP contribution in [0.4, 0.5) is 5.69 Å². The monoisotopic (exact) mass is 373 g/mol. The van der Waals surface area contributed by atoms with E-state index in [0.29, 0.717) is 24.3 Å². The summed E-state index contributed by atoms with van der Waals surface area (Å²) in [6, 6.07) is 6.00. The van der Waals surface area contributed by atoms with Gasteiger partial charge < -0.3 is 25.2 Å². The second kappa shape index (κ2) is 7.90. The van der Waals surface area contributed by atoms with E-state index >= 15 is 0 Å². The Morgan fingerprint density at radius 2 is 2.04 bits per heavy atom. The Balaban J connectivity index is 1.89. The highest BCUT2D eigenvalue weighted by atomic mass is 16.5. The third-order valence-corrected chi connectivity index (χ3v) is 5.81. The molecule has 1 aliphatic heterocycles. The zero-order valence-electron chi connectivity index (χ0n) is 16.2. The van der Waals surface area contributed by atoms with E-state index in [1.807, 2.05) is 18.2 Å². The van der Waals surface area contributed by atoms with Crippen molar-refractivity contribution >= 4 is 24.6 Å². The van der Waals surface area contributed by atoms with Gasteiger partial charge in [-0.15, -0.1) is 0 Å². The molecule has 1 aliphatic carbocycles. The highest BCUT2D eigenvalue weighted by molar-refractivity contribution is 6.45. The van der Waals surface area contributed by atoms with E-state index < -0.39 is 24.7 Å². The summed E-state index contributed by atoms with van der Waals surface area (Å²) in [5.74, 6) is 0.0683. The number of para-hydroxylation sites is 2. The zero-order valence-corrected chi connectivity index (χ0v) is 16.2. The number of anilines is 1. The second-order valence-electron chi connectivity index (χ2n) is 7.63. The molecule has 1 aromatic carbocycles. The van der Waals surface area contributed by atoms with Crippen molar-refractivity contribution < 1.29 is 19.3 Å². The maximum Gasteiger partial charge on any atom is 0.376 e. The molecule has 2 atom stereocenters. The molecular weight excluding hydrogens is 345 g/mol. The van der Waals surface area contributed by atoms with E-state index in [1.54, 1.807) is 31.7 Å². The molecule has 7 nitrogen and oxygen atoms in total. The van der Waals surface area contributed by atoms with Crippen LogP contribution in [0.5, 0.6) is 5.75 Å². The summed E-state index contributed by atoms with van der Waals surface area (Å²) in [6.45, 7) is 3.31. The van der Waals surface area contributed by atoms with E-state index in [1.165, 1.54) is 0 Å². The minimum Gasteiger partial charge on any atom is -0.482 e. The number of hydrogen-bond acceptors (Lipinski definition) is 5. The Morgan fingerprint density at radius 3 is 2.70 bits per heavy atom. The number of benzene rings is 1. The van der Waals surface area contributed by atoms with Crippen molar-refractivity contribution in [1.82, 2.24) is 10.1 Å². The minimum atomic E-state index is -0.789. The first kappa shape index (κ1) is 19.7. The molecule has 0 unspecified atom stereocenters. The SMILES string of the molecule is CB(O)N(C)[C@@H](C)C(=O)N[C@@H]1C(=O)Nc2ccccc2OC12CCCCC2. The molecule has 0 saturated heterocycles. The van der Waals surface area contributed by atoms with E-state index in [9.17, 15) is 14.6 Å². The maximum absolute atomic E-state index is 13.0. The van der Waals surface area contributed by atoms with Gasteiger partial charge >= 0.3 is 7.05 Å². The summed E-state index contributed by atoms with van der Waals surface area (Å²) in [7, 11) is 0.906. The van der Waals surface area contributed by atoms with Crippen LogP contribution < -0.4 is 15.4 Å². The number of nitrogens with one attached hydrogen (secondary N) is 2. The van der Waals surface area contributed by atoms with Crippen LogP contribution in [0, 0.1) is 0 Å². The fourth-order valence-corrected chi connectivity index (χ4v) is 3.89. The van der Waals surface area contributed by atoms with Crippen molar-refractivity contribution in [3.05, 3.63) is 24.3 Å². The summed E-state index contributed by atoms with van der Waals surface area (Å²) >= 11 is 0. The van der Waals surface area contributed by atoms with Crippen LogP contribution in [0.2, 0.25) is 6.82 Å². The van der Waals surface area contributed by atoms with Gasteiger partial charge in [-0.05, 0) is 58.6 Å². The van der Waals surface area contributed by atoms with Gasteiger partial charge in [-0.25, -0.2) is 0 Å². The Morgan fingerprint density at radius 1 is 1.37 bits per heavy atom. The van der Waals surface area contributed by atoms with Gasteiger partial charge in [0.25, 0.3) is 5.91 Å². The lowest BCUT2D eigenvalue weighted by Gasteiger charge is -2.41. The summed E-state index contributed by atoms with van der Waals surface area (Å²) in [4.78, 5) is 27.4. The lowest BCUT2D eigenvalue weighted by Crippen LogP contribution is -2.63. The van der Waals surface area contributed by atoms with E-state index in [2.05, 4.69) is 10.6 Å². The Kier molecular flexibility index (Phi) is 5.76. The van der Waals surface area contributed by atoms with Crippen LogP contribution in [0.25, 0.3) is 0 Å². The molecule has 2 amide bonds. The number of rotatable bonds is 4. The summed E-state index contributed by atoms with van der Waals surface area (Å²) in [5.41, 5.74) is -0.133. The molecule has 1 heterocycles. The molecule has 1 fully saturated rings. The highest BCUT2D eigenvalue weighted by Crippen LogP contribution is 2.41. The average Bonchev–Trinajstić information content (AvgIpc) is 2.76. The molecule has 0 aromatic heterocycles. The van der Waals surface area contributed by atoms with Crippen molar-refractivity contribution in [3.63, 3.8) is 0 Å². The van der Waals surface area contributed by atoms with Crippen LogP contribution in [0.15, 0.2) is 24.3 Å². The highest BCUT2D eigenvalue weighted by Gasteiger charge is 2.49. The van der Waals surface area contributed by atoms with E-state index in [0.717, 1.165) is 19.3 Å². The molecule has 0 bridgehead atoms. The van der Waals surface area contributed by atoms with Gasteiger partial charge in [0.15, 0.2) is 0 Å². The molecule has 2 aliphatic rings. The number of ether oxygens (including phenoxy) is 1. The first-order valence-corrected chi connectivity index (χ1v) is 9.63. The molecule has 0 radical (unpaired) electrons. The van der Waals surface area contributed by atoms with E-state index in [4.69, 9.17) is 4.74 Å². The summed E-state index contributed by atoms with van der Waals surface area (Å²) in [6.07, 6.45) is 4.41. The number of carbonyl (C=O) groups excluding carboxylic acids is 2. The fourth-order valence-electron chi connectivity index (χ4n) is 3.89. The van der Waals surface area contributed by atoms with Crippen LogP contribution in [-0.4, -0.2) is 53.4 Å². The zero-order chi connectivity index (χ0) is 19.6. The van der Waals surface area contributed by atoms with Crippen LogP contribution in [0.1, 0.15) is 39.0 Å². The number of amides is 2. The van der Waals surface area contributed by atoms with Gasteiger partial charge in [0, 0.05) is 0 Å². The average molecular weight is 373 g/mol. The number of hydrogen-bond donors (Lipinski definition) is 3. The minimum absolute atomic E-state index is 0.262. The van der Waals surface area contributed by atoms with Crippen molar-refractivity contribution in [3.8, 4) is 5.75 Å². The maximum atomic E-state index is 13.0. The normalized spacial score (nSPS) is 22.3. The first-order valence-electron chi connectivity index (χ1n) is 9.63. The molecule has 1 aromatic rings. The number of fused-ring (bicyclic) bond motifs is 1. The van der Waals surface area contributed by atoms with E-state index in [-0.39, 0.29) is 11.8 Å². The second-order valence-corrected chi connectivity index (χ2v) is 7.63. The molecule has 1 saturated carbocycles. The van der Waals surface area contributed by atoms with Crippen molar-refractivity contribution in [2.45, 2.75) is 63.5 Å². The van der Waals surface area contributed by atoms with Crippen LogP contribution in [0.3, 0.4) is 0 Å². The number of carbonyl (C=O) groups is 2. The van der Waals surface area contributed by atoms with Gasteiger partial charge in [-0.2, -0.15) is 0 Å². The van der Waals surface area contributed by atoms with Gasteiger partial charge in [-0.1, -0.05) is 18.6 Å². The molecular formula is C19H28BN3O4. The molecule has 146 valence electrons. The third kappa shape index (κ3) is 3.96. The van der Waals surface area contributed by atoms with Gasteiger partial charge in [-0.3, -0.25) is 9.59 Å². The van der Waals surface area contributed by atoms with Gasteiger partial charge in [0.05, 0.1) is 11.7 Å². The smallest absolute Gasteiger partial charge is 0.376 e. The molecule has 27 heavy (non-hydrogen) atoms. The first-order chi connectivity index (χ1) is 12.8. The lowest BCUT2D eigenvalue weighted by atomic mass is 9.78.